The van der Waals surface area contributed by atoms with E-state index in [0.717, 1.165) is 10.7 Å². The Balaban J connectivity index is 0.000000461. The first-order valence-corrected chi connectivity index (χ1v) is 5.72. The summed E-state index contributed by atoms with van der Waals surface area (Å²) in [7, 11) is 0. The van der Waals surface area contributed by atoms with E-state index in [9.17, 15) is 0 Å². The molecule has 0 bridgehead atoms. The molecule has 0 atom stereocenters. The molecule has 0 N–H and O–H groups in total. The van der Waals surface area contributed by atoms with E-state index in [1.165, 1.54) is 5.56 Å². The van der Waals surface area contributed by atoms with Crippen LogP contribution < -0.4 is 0 Å². The van der Waals surface area contributed by atoms with E-state index in [1.54, 1.807) is 11.3 Å². The zero-order valence-electron chi connectivity index (χ0n) is 8.82. The summed E-state index contributed by atoms with van der Waals surface area (Å²) >= 11 is 1.69. The topological polar surface area (TPSA) is 12.9 Å². The second-order valence-corrected chi connectivity index (χ2v) is 3.52. The molecule has 14 heavy (non-hydrogen) atoms. The van der Waals surface area contributed by atoms with Crippen LogP contribution in [-0.2, 0) is 0 Å². The molecule has 74 valence electrons. The molecule has 0 amide bonds. The maximum atomic E-state index is 4.40. The summed E-state index contributed by atoms with van der Waals surface area (Å²) in [5.41, 5.74) is 2.30. The van der Waals surface area contributed by atoms with Crippen molar-refractivity contribution in [2.24, 2.45) is 0 Å². The van der Waals surface area contributed by atoms with Crippen molar-refractivity contribution >= 4 is 11.3 Å². The first-order chi connectivity index (χ1) is 6.86. The molecule has 1 aromatic heterocycles. The molecule has 0 unspecified atom stereocenters. The molecule has 0 aliphatic rings. The lowest BCUT2D eigenvalue weighted by Gasteiger charge is -1.92. The molecule has 1 nitrogen and oxygen atoms in total. The molecule has 0 fully saturated rings. The van der Waals surface area contributed by atoms with Crippen molar-refractivity contribution in [3.63, 3.8) is 0 Å². The fourth-order valence-electron chi connectivity index (χ4n) is 1.07. The first-order valence-electron chi connectivity index (χ1n) is 4.84. The quantitative estimate of drug-likeness (QED) is 0.681. The van der Waals surface area contributed by atoms with Gasteiger partial charge in [0.25, 0.3) is 0 Å². The maximum Gasteiger partial charge on any atom is 0.123 e. The third-order valence-electron chi connectivity index (χ3n) is 1.64. The zero-order valence-corrected chi connectivity index (χ0v) is 9.64. The van der Waals surface area contributed by atoms with Gasteiger partial charge in [-0.15, -0.1) is 11.3 Å². The number of nitrogens with zero attached hydrogens (tertiary/aromatic N) is 1. The SMILES string of the molecule is CC.Cc1csc(-c2ccccc2)n1. The van der Waals surface area contributed by atoms with Gasteiger partial charge >= 0.3 is 0 Å². The van der Waals surface area contributed by atoms with Gasteiger partial charge in [0.1, 0.15) is 5.01 Å². The lowest BCUT2D eigenvalue weighted by Crippen LogP contribution is -1.74. The van der Waals surface area contributed by atoms with Crippen molar-refractivity contribution in [1.29, 1.82) is 0 Å². The summed E-state index contributed by atoms with van der Waals surface area (Å²) in [6.45, 7) is 6.02. The van der Waals surface area contributed by atoms with Gasteiger partial charge in [0.2, 0.25) is 0 Å². The highest BCUT2D eigenvalue weighted by Crippen LogP contribution is 2.22. The number of hydrogen-bond acceptors (Lipinski definition) is 2. The van der Waals surface area contributed by atoms with Crippen LogP contribution in [0.2, 0.25) is 0 Å². The second kappa shape index (κ2) is 5.55. The first kappa shape index (κ1) is 10.9. The predicted molar refractivity (Wildman–Crippen MR) is 63.6 cm³/mol. The maximum absolute atomic E-state index is 4.40. The Bertz CT molecular complexity index is 365. The summed E-state index contributed by atoms with van der Waals surface area (Å²) < 4.78 is 0. The molecule has 2 heteroatoms. The lowest BCUT2D eigenvalue weighted by molar-refractivity contribution is 1.27. The molecular formula is C12H15NS. The van der Waals surface area contributed by atoms with Gasteiger partial charge in [0.15, 0.2) is 0 Å². The largest absolute Gasteiger partial charge is 0.241 e. The smallest absolute Gasteiger partial charge is 0.123 e. The van der Waals surface area contributed by atoms with Crippen LogP contribution in [0.5, 0.6) is 0 Å². The standard InChI is InChI=1S/C10H9NS.C2H6/c1-8-7-12-10(11-8)9-5-3-2-4-6-9;1-2/h2-7H,1H3;1-2H3. The van der Waals surface area contributed by atoms with Crippen molar-refractivity contribution in [2.45, 2.75) is 20.8 Å². The molecule has 0 aliphatic carbocycles. The zero-order chi connectivity index (χ0) is 10.4. The number of aromatic nitrogens is 1. The number of aryl methyl sites for hydroxylation is 1. The van der Waals surface area contributed by atoms with Crippen molar-refractivity contribution < 1.29 is 0 Å². The van der Waals surface area contributed by atoms with Crippen molar-refractivity contribution in [3.05, 3.63) is 41.4 Å². The van der Waals surface area contributed by atoms with E-state index in [2.05, 4.69) is 22.5 Å². The Morgan fingerprint density at radius 1 is 1.07 bits per heavy atom. The van der Waals surface area contributed by atoms with E-state index in [4.69, 9.17) is 0 Å². The molecule has 0 saturated carbocycles. The minimum atomic E-state index is 1.10. The van der Waals surface area contributed by atoms with Crippen LogP contribution in [0.25, 0.3) is 10.6 Å². The number of hydrogen-bond donors (Lipinski definition) is 0. The Morgan fingerprint density at radius 2 is 1.71 bits per heavy atom. The molecule has 2 rings (SSSR count). The highest BCUT2D eigenvalue weighted by Gasteiger charge is 1.99. The lowest BCUT2D eigenvalue weighted by atomic mass is 10.2. The average Bonchev–Trinajstić information content (AvgIpc) is 2.69. The van der Waals surface area contributed by atoms with Gasteiger partial charge < -0.3 is 0 Å². The number of benzene rings is 1. The minimum Gasteiger partial charge on any atom is -0.241 e. The van der Waals surface area contributed by atoms with E-state index in [1.807, 2.05) is 39.0 Å². The summed E-state index contributed by atoms with van der Waals surface area (Å²) in [5, 5.41) is 3.18. The van der Waals surface area contributed by atoms with Crippen molar-refractivity contribution in [3.8, 4) is 10.6 Å². The fourth-order valence-corrected chi connectivity index (χ4v) is 1.87. The van der Waals surface area contributed by atoms with Gasteiger partial charge in [0.05, 0.1) is 0 Å². The Hall–Kier alpha value is -1.15. The van der Waals surface area contributed by atoms with Crippen LogP contribution in [0.4, 0.5) is 0 Å². The van der Waals surface area contributed by atoms with Crippen LogP contribution in [-0.4, -0.2) is 4.98 Å². The van der Waals surface area contributed by atoms with E-state index in [-0.39, 0.29) is 0 Å². The Kier molecular flexibility index (Phi) is 4.33. The summed E-state index contributed by atoms with van der Waals surface area (Å²) in [4.78, 5) is 4.40. The third kappa shape index (κ3) is 2.67. The monoisotopic (exact) mass is 205 g/mol. The normalized spacial score (nSPS) is 9.07. The van der Waals surface area contributed by atoms with Crippen LogP contribution in [0, 0.1) is 6.92 Å². The molecule has 1 aromatic carbocycles. The van der Waals surface area contributed by atoms with Crippen LogP contribution in [0.3, 0.4) is 0 Å². The fraction of sp³-hybridized carbons (Fsp3) is 0.250. The van der Waals surface area contributed by atoms with Gasteiger partial charge in [-0.3, -0.25) is 0 Å². The van der Waals surface area contributed by atoms with E-state index >= 15 is 0 Å². The second-order valence-electron chi connectivity index (χ2n) is 2.66. The van der Waals surface area contributed by atoms with E-state index in [0.29, 0.717) is 0 Å². The van der Waals surface area contributed by atoms with Gasteiger partial charge in [0, 0.05) is 16.6 Å². The van der Waals surface area contributed by atoms with Gasteiger partial charge in [-0.2, -0.15) is 0 Å². The Morgan fingerprint density at radius 3 is 2.21 bits per heavy atom. The highest BCUT2D eigenvalue weighted by atomic mass is 32.1. The number of thiazole rings is 1. The molecular weight excluding hydrogens is 190 g/mol. The predicted octanol–water partition coefficient (Wildman–Crippen LogP) is 4.14. The highest BCUT2D eigenvalue weighted by molar-refractivity contribution is 7.13. The molecule has 1 heterocycles. The molecule has 0 aliphatic heterocycles. The van der Waals surface area contributed by atoms with Gasteiger partial charge in [-0.1, -0.05) is 44.2 Å². The van der Waals surface area contributed by atoms with Crippen molar-refractivity contribution in [2.75, 3.05) is 0 Å². The van der Waals surface area contributed by atoms with Crippen LogP contribution in [0.1, 0.15) is 19.5 Å². The van der Waals surface area contributed by atoms with Gasteiger partial charge in [-0.25, -0.2) is 4.98 Å². The molecule has 2 aromatic rings. The molecule has 0 radical (unpaired) electrons. The van der Waals surface area contributed by atoms with Crippen LogP contribution in [0.15, 0.2) is 35.7 Å². The summed E-state index contributed by atoms with van der Waals surface area (Å²) in [6.07, 6.45) is 0. The average molecular weight is 205 g/mol. The summed E-state index contributed by atoms with van der Waals surface area (Å²) in [6, 6.07) is 10.2. The summed E-state index contributed by atoms with van der Waals surface area (Å²) in [5.74, 6) is 0. The van der Waals surface area contributed by atoms with Gasteiger partial charge in [-0.05, 0) is 6.92 Å². The van der Waals surface area contributed by atoms with Crippen molar-refractivity contribution in [1.82, 2.24) is 4.98 Å². The Labute approximate surface area is 89.4 Å². The molecule has 0 spiro atoms. The minimum absolute atomic E-state index is 1.10. The van der Waals surface area contributed by atoms with E-state index < -0.39 is 0 Å². The number of rotatable bonds is 1. The third-order valence-corrected chi connectivity index (χ3v) is 2.65. The van der Waals surface area contributed by atoms with Crippen LogP contribution >= 0.6 is 11.3 Å². The molecule has 0 saturated heterocycles.